The first-order chi connectivity index (χ1) is 7.67. The number of amides is 1. The zero-order valence-corrected chi connectivity index (χ0v) is 10.4. The van der Waals surface area contributed by atoms with E-state index in [4.69, 9.17) is 10.5 Å². The van der Waals surface area contributed by atoms with Gasteiger partial charge in [-0.2, -0.15) is 0 Å². The molecule has 0 aliphatic heterocycles. The number of carbonyl (C=O) groups is 1. The third kappa shape index (κ3) is 3.92. The molecule has 0 aromatic carbocycles. The second-order valence-corrected chi connectivity index (χ2v) is 4.58. The Labute approximate surface area is 99.8 Å². The normalized spacial score (nSPS) is 14.4. The van der Waals surface area contributed by atoms with E-state index >= 15 is 0 Å². The molecule has 1 amide bonds. The molecule has 0 fully saturated rings. The maximum Gasteiger partial charge on any atom is 0.223 e. The third-order valence-electron chi connectivity index (χ3n) is 2.36. The lowest BCUT2D eigenvalue weighted by Crippen LogP contribution is -2.33. The van der Waals surface area contributed by atoms with Gasteiger partial charge in [-0.3, -0.25) is 4.79 Å². The second-order valence-electron chi connectivity index (χ2n) is 3.60. The fourth-order valence-corrected chi connectivity index (χ4v) is 2.11. The molecule has 0 radical (unpaired) electrons. The lowest BCUT2D eigenvalue weighted by atomic mass is 10.2. The van der Waals surface area contributed by atoms with Crippen LogP contribution < -0.4 is 11.1 Å². The van der Waals surface area contributed by atoms with Crippen molar-refractivity contribution in [1.82, 2.24) is 5.32 Å². The summed E-state index contributed by atoms with van der Waals surface area (Å²) >= 11 is 1.63. The number of nitrogens with two attached hydrogens (primary N) is 1. The predicted octanol–water partition coefficient (Wildman–Crippen LogP) is 1.29. The van der Waals surface area contributed by atoms with Gasteiger partial charge >= 0.3 is 0 Å². The van der Waals surface area contributed by atoms with Gasteiger partial charge in [0.15, 0.2) is 0 Å². The molecule has 1 heterocycles. The van der Waals surface area contributed by atoms with E-state index in [1.807, 2.05) is 24.4 Å². The third-order valence-corrected chi connectivity index (χ3v) is 3.41. The standard InChI is InChI=1S/C11H18N2O2S/c1-8(10-4-3-5-16-10)13-11(14)6-9(7-12)15-2/h3-5,8-9H,6-7,12H2,1-2H3,(H,13,14). The molecule has 0 aliphatic carbocycles. The van der Waals surface area contributed by atoms with E-state index in [-0.39, 0.29) is 18.1 Å². The van der Waals surface area contributed by atoms with E-state index in [0.717, 1.165) is 4.88 Å². The molecule has 0 bridgehead atoms. The smallest absolute Gasteiger partial charge is 0.223 e. The summed E-state index contributed by atoms with van der Waals surface area (Å²) in [5.41, 5.74) is 5.45. The topological polar surface area (TPSA) is 64.3 Å². The van der Waals surface area contributed by atoms with Crippen molar-refractivity contribution in [2.45, 2.75) is 25.5 Å². The maximum atomic E-state index is 11.6. The van der Waals surface area contributed by atoms with Crippen molar-refractivity contribution in [2.24, 2.45) is 5.73 Å². The molecule has 5 heteroatoms. The van der Waals surface area contributed by atoms with Crippen molar-refractivity contribution in [3.05, 3.63) is 22.4 Å². The average Bonchev–Trinajstić information content (AvgIpc) is 2.79. The van der Waals surface area contributed by atoms with Crippen LogP contribution in [0.15, 0.2) is 17.5 Å². The van der Waals surface area contributed by atoms with Crippen LogP contribution in [0.2, 0.25) is 0 Å². The van der Waals surface area contributed by atoms with E-state index in [0.29, 0.717) is 13.0 Å². The minimum Gasteiger partial charge on any atom is -0.380 e. The van der Waals surface area contributed by atoms with Gasteiger partial charge in [0.05, 0.1) is 18.6 Å². The molecule has 0 saturated carbocycles. The Balaban J connectivity index is 2.39. The average molecular weight is 242 g/mol. The molecule has 2 atom stereocenters. The van der Waals surface area contributed by atoms with Gasteiger partial charge in [-0.1, -0.05) is 6.07 Å². The Bertz CT molecular complexity index is 310. The molecule has 90 valence electrons. The summed E-state index contributed by atoms with van der Waals surface area (Å²) in [6.07, 6.45) is 0.110. The fourth-order valence-electron chi connectivity index (χ4n) is 1.38. The van der Waals surface area contributed by atoms with Crippen LogP contribution in [0.1, 0.15) is 24.3 Å². The minimum atomic E-state index is -0.199. The van der Waals surface area contributed by atoms with E-state index in [2.05, 4.69) is 5.32 Å². The summed E-state index contributed by atoms with van der Waals surface area (Å²) in [6.45, 7) is 2.32. The quantitative estimate of drug-likeness (QED) is 0.790. The molecular formula is C11H18N2O2S. The van der Waals surface area contributed by atoms with Crippen LogP contribution in [-0.2, 0) is 9.53 Å². The maximum absolute atomic E-state index is 11.6. The predicted molar refractivity (Wildman–Crippen MR) is 65.3 cm³/mol. The Hall–Kier alpha value is -0.910. The van der Waals surface area contributed by atoms with Gasteiger partial charge in [0.25, 0.3) is 0 Å². The van der Waals surface area contributed by atoms with Gasteiger partial charge in [0.2, 0.25) is 5.91 Å². The molecule has 1 rings (SSSR count). The zero-order chi connectivity index (χ0) is 12.0. The van der Waals surface area contributed by atoms with Crippen LogP contribution in [0.3, 0.4) is 0 Å². The summed E-state index contributed by atoms with van der Waals surface area (Å²) in [6, 6.07) is 4.02. The number of rotatable bonds is 6. The van der Waals surface area contributed by atoms with Crippen LogP contribution in [0, 0.1) is 0 Å². The van der Waals surface area contributed by atoms with Crippen LogP contribution in [0.25, 0.3) is 0 Å². The monoisotopic (exact) mass is 242 g/mol. The van der Waals surface area contributed by atoms with Crippen LogP contribution >= 0.6 is 11.3 Å². The van der Waals surface area contributed by atoms with Crippen molar-refractivity contribution in [1.29, 1.82) is 0 Å². The van der Waals surface area contributed by atoms with Gasteiger partial charge in [-0.25, -0.2) is 0 Å². The summed E-state index contributed by atoms with van der Waals surface area (Å²) in [4.78, 5) is 12.8. The van der Waals surface area contributed by atoms with E-state index in [9.17, 15) is 4.79 Å². The highest BCUT2D eigenvalue weighted by atomic mass is 32.1. The number of thiophene rings is 1. The first kappa shape index (κ1) is 13.2. The van der Waals surface area contributed by atoms with Gasteiger partial charge < -0.3 is 15.8 Å². The highest BCUT2D eigenvalue weighted by molar-refractivity contribution is 7.10. The van der Waals surface area contributed by atoms with Gasteiger partial charge in [-0.15, -0.1) is 11.3 Å². The van der Waals surface area contributed by atoms with Crippen LogP contribution in [0.4, 0.5) is 0 Å². The number of nitrogens with one attached hydrogen (secondary N) is 1. The molecule has 1 aromatic rings. The van der Waals surface area contributed by atoms with E-state index in [1.54, 1.807) is 18.4 Å². The van der Waals surface area contributed by atoms with Crippen molar-refractivity contribution in [3.63, 3.8) is 0 Å². The largest absolute Gasteiger partial charge is 0.380 e. The van der Waals surface area contributed by atoms with Crippen LogP contribution in [-0.4, -0.2) is 25.7 Å². The van der Waals surface area contributed by atoms with Crippen LogP contribution in [0.5, 0.6) is 0 Å². The molecule has 2 unspecified atom stereocenters. The van der Waals surface area contributed by atoms with Crippen molar-refractivity contribution in [3.8, 4) is 0 Å². The number of methoxy groups -OCH3 is 1. The molecule has 0 aliphatic rings. The molecule has 0 saturated heterocycles. The highest BCUT2D eigenvalue weighted by Crippen LogP contribution is 2.18. The molecule has 4 nitrogen and oxygen atoms in total. The molecule has 3 N–H and O–H groups in total. The van der Waals surface area contributed by atoms with Crippen molar-refractivity contribution in [2.75, 3.05) is 13.7 Å². The molecular weight excluding hydrogens is 224 g/mol. The Kier molecular flexibility index (Phi) is 5.45. The zero-order valence-electron chi connectivity index (χ0n) is 9.60. The second kappa shape index (κ2) is 6.62. The molecule has 16 heavy (non-hydrogen) atoms. The molecule has 1 aromatic heterocycles. The SMILES string of the molecule is COC(CN)CC(=O)NC(C)c1cccs1. The molecule has 0 spiro atoms. The van der Waals surface area contributed by atoms with E-state index in [1.165, 1.54) is 0 Å². The number of ether oxygens (including phenoxy) is 1. The summed E-state index contributed by atoms with van der Waals surface area (Å²) in [5.74, 6) is -0.0294. The lowest BCUT2D eigenvalue weighted by molar-refractivity contribution is -0.124. The lowest BCUT2D eigenvalue weighted by Gasteiger charge is -2.15. The minimum absolute atomic E-state index is 0.0294. The summed E-state index contributed by atoms with van der Waals surface area (Å²) in [7, 11) is 1.56. The van der Waals surface area contributed by atoms with Gasteiger partial charge in [-0.05, 0) is 18.4 Å². The van der Waals surface area contributed by atoms with Gasteiger partial charge in [0.1, 0.15) is 0 Å². The van der Waals surface area contributed by atoms with Crippen molar-refractivity contribution >= 4 is 17.2 Å². The highest BCUT2D eigenvalue weighted by Gasteiger charge is 2.14. The van der Waals surface area contributed by atoms with Gasteiger partial charge in [0, 0.05) is 18.5 Å². The van der Waals surface area contributed by atoms with Crippen molar-refractivity contribution < 1.29 is 9.53 Å². The number of carbonyl (C=O) groups excluding carboxylic acids is 1. The fraction of sp³-hybridized carbons (Fsp3) is 0.545. The Morgan fingerprint density at radius 2 is 2.44 bits per heavy atom. The first-order valence-electron chi connectivity index (χ1n) is 5.23. The first-order valence-corrected chi connectivity index (χ1v) is 6.11. The Morgan fingerprint density at radius 1 is 1.69 bits per heavy atom. The summed E-state index contributed by atoms with van der Waals surface area (Å²) < 4.78 is 5.06. The number of hydrogen-bond donors (Lipinski definition) is 2. The summed E-state index contributed by atoms with van der Waals surface area (Å²) in [5, 5.41) is 4.91. The van der Waals surface area contributed by atoms with E-state index < -0.39 is 0 Å². The Morgan fingerprint density at radius 3 is 2.94 bits per heavy atom. The number of hydrogen-bond acceptors (Lipinski definition) is 4.